The van der Waals surface area contributed by atoms with Crippen molar-refractivity contribution in [2.75, 3.05) is 18.4 Å². The van der Waals surface area contributed by atoms with Gasteiger partial charge in [-0.3, -0.25) is 10.1 Å². The second-order valence-electron chi connectivity index (χ2n) is 4.29. The Morgan fingerprint density at radius 1 is 1.56 bits per heavy atom. The van der Waals surface area contributed by atoms with E-state index in [4.69, 9.17) is 5.26 Å². The van der Waals surface area contributed by atoms with E-state index in [1.54, 1.807) is 6.07 Å². The number of rotatable bonds is 3. The summed E-state index contributed by atoms with van der Waals surface area (Å²) in [4.78, 5) is 10.1. The molecule has 2 rings (SSSR count). The van der Waals surface area contributed by atoms with Crippen LogP contribution in [0.1, 0.15) is 18.4 Å². The number of nitro benzene ring substituents is 1. The zero-order valence-electron chi connectivity index (χ0n) is 9.85. The summed E-state index contributed by atoms with van der Waals surface area (Å²) >= 11 is 0. The van der Waals surface area contributed by atoms with Gasteiger partial charge in [-0.2, -0.15) is 5.26 Å². The second kappa shape index (κ2) is 5.47. The molecule has 0 radical (unpaired) electrons. The molecule has 0 saturated carbocycles. The van der Waals surface area contributed by atoms with Gasteiger partial charge in [0.2, 0.25) is 0 Å². The molecule has 1 aromatic carbocycles. The summed E-state index contributed by atoms with van der Waals surface area (Å²) in [6.07, 6.45) is 2.13. The Bertz CT molecular complexity index is 489. The van der Waals surface area contributed by atoms with E-state index in [9.17, 15) is 10.1 Å². The number of non-ortho nitro benzene ring substituents is 1. The van der Waals surface area contributed by atoms with Crippen LogP contribution in [0.3, 0.4) is 0 Å². The molecule has 94 valence electrons. The van der Waals surface area contributed by atoms with Gasteiger partial charge in [0.25, 0.3) is 5.69 Å². The zero-order chi connectivity index (χ0) is 13.0. The third-order valence-electron chi connectivity index (χ3n) is 2.99. The second-order valence-corrected chi connectivity index (χ2v) is 4.29. The van der Waals surface area contributed by atoms with Crippen LogP contribution >= 0.6 is 0 Å². The number of nitriles is 1. The predicted molar refractivity (Wildman–Crippen MR) is 67.3 cm³/mol. The average Bonchev–Trinajstić information content (AvgIpc) is 2.40. The Kier molecular flexibility index (Phi) is 3.75. The molecular formula is C12H14N4O2. The van der Waals surface area contributed by atoms with Crippen LogP contribution in [0.25, 0.3) is 0 Å². The van der Waals surface area contributed by atoms with Crippen molar-refractivity contribution in [1.29, 1.82) is 5.26 Å². The van der Waals surface area contributed by atoms with Crippen LogP contribution in [0.15, 0.2) is 18.2 Å². The zero-order valence-corrected chi connectivity index (χ0v) is 9.85. The largest absolute Gasteiger partial charge is 0.380 e. The van der Waals surface area contributed by atoms with Crippen LogP contribution < -0.4 is 10.6 Å². The molecule has 6 heteroatoms. The summed E-state index contributed by atoms with van der Waals surface area (Å²) in [5.41, 5.74) is 0.922. The first kappa shape index (κ1) is 12.3. The van der Waals surface area contributed by atoms with Crippen LogP contribution in [0.2, 0.25) is 0 Å². The van der Waals surface area contributed by atoms with Gasteiger partial charge < -0.3 is 10.6 Å². The Hall–Kier alpha value is -2.13. The highest BCUT2D eigenvalue weighted by Crippen LogP contribution is 2.22. The lowest BCUT2D eigenvalue weighted by Crippen LogP contribution is -2.38. The van der Waals surface area contributed by atoms with E-state index in [0.29, 0.717) is 11.3 Å². The normalized spacial score (nSPS) is 18.9. The molecule has 0 aromatic heterocycles. The summed E-state index contributed by atoms with van der Waals surface area (Å²) in [5, 5.41) is 26.2. The van der Waals surface area contributed by atoms with Gasteiger partial charge in [-0.1, -0.05) is 0 Å². The first-order valence-corrected chi connectivity index (χ1v) is 5.86. The van der Waals surface area contributed by atoms with Gasteiger partial charge in [0.05, 0.1) is 16.2 Å². The van der Waals surface area contributed by atoms with E-state index in [1.165, 1.54) is 12.1 Å². The van der Waals surface area contributed by atoms with Crippen LogP contribution in [-0.4, -0.2) is 24.1 Å². The lowest BCUT2D eigenvalue weighted by Gasteiger charge is -2.25. The lowest BCUT2D eigenvalue weighted by atomic mass is 10.1. The van der Waals surface area contributed by atoms with Crippen LogP contribution in [0, 0.1) is 21.4 Å². The number of hydrogen-bond acceptors (Lipinski definition) is 5. The van der Waals surface area contributed by atoms with Crippen molar-refractivity contribution in [3.05, 3.63) is 33.9 Å². The van der Waals surface area contributed by atoms with Gasteiger partial charge in [-0.15, -0.1) is 0 Å². The van der Waals surface area contributed by atoms with Crippen LogP contribution in [0.4, 0.5) is 11.4 Å². The Labute approximate surface area is 105 Å². The molecule has 1 aliphatic heterocycles. The third kappa shape index (κ3) is 2.76. The number of nitrogens with one attached hydrogen (secondary N) is 2. The molecule has 1 saturated heterocycles. The monoisotopic (exact) mass is 246 g/mol. The molecule has 1 fully saturated rings. The van der Waals surface area contributed by atoms with Crippen molar-refractivity contribution < 1.29 is 4.92 Å². The van der Waals surface area contributed by atoms with Crippen LogP contribution in [-0.2, 0) is 0 Å². The number of anilines is 1. The standard InChI is InChI=1S/C12H14N4O2/c13-7-9-6-11(16(17)18)3-4-12(9)15-10-2-1-5-14-8-10/h3-4,6,10,14-15H,1-2,5,8H2. The molecule has 1 unspecified atom stereocenters. The van der Waals surface area contributed by atoms with Gasteiger partial charge in [0.15, 0.2) is 0 Å². The maximum absolute atomic E-state index is 10.6. The van der Waals surface area contributed by atoms with Gasteiger partial charge in [-0.25, -0.2) is 0 Å². The van der Waals surface area contributed by atoms with E-state index >= 15 is 0 Å². The minimum atomic E-state index is -0.493. The van der Waals surface area contributed by atoms with Gasteiger partial charge in [0.1, 0.15) is 6.07 Å². The maximum atomic E-state index is 10.6. The van der Waals surface area contributed by atoms with Crippen LogP contribution in [0.5, 0.6) is 0 Å². The maximum Gasteiger partial charge on any atom is 0.270 e. The van der Waals surface area contributed by atoms with Crippen molar-refractivity contribution in [3.63, 3.8) is 0 Å². The average molecular weight is 246 g/mol. The highest BCUT2D eigenvalue weighted by atomic mass is 16.6. The number of benzene rings is 1. The van der Waals surface area contributed by atoms with Crippen molar-refractivity contribution in [2.45, 2.75) is 18.9 Å². The fourth-order valence-corrected chi connectivity index (χ4v) is 2.06. The first-order chi connectivity index (χ1) is 8.70. The fraction of sp³-hybridized carbons (Fsp3) is 0.417. The Balaban J connectivity index is 2.17. The molecule has 1 aromatic rings. The fourth-order valence-electron chi connectivity index (χ4n) is 2.06. The molecule has 0 aliphatic carbocycles. The van der Waals surface area contributed by atoms with E-state index < -0.39 is 4.92 Å². The molecule has 1 aliphatic rings. The van der Waals surface area contributed by atoms with Gasteiger partial charge in [-0.05, 0) is 25.5 Å². The van der Waals surface area contributed by atoms with Gasteiger partial charge in [0, 0.05) is 24.7 Å². The topological polar surface area (TPSA) is 91.0 Å². The quantitative estimate of drug-likeness (QED) is 0.624. The predicted octanol–water partition coefficient (Wildman–Crippen LogP) is 1.63. The van der Waals surface area contributed by atoms with Gasteiger partial charge >= 0.3 is 0 Å². The minimum Gasteiger partial charge on any atom is -0.380 e. The van der Waals surface area contributed by atoms with Crippen molar-refractivity contribution in [1.82, 2.24) is 5.32 Å². The molecule has 1 heterocycles. The summed E-state index contributed by atoms with van der Waals surface area (Å²) < 4.78 is 0. The molecule has 0 amide bonds. The molecule has 0 spiro atoms. The Morgan fingerprint density at radius 2 is 2.39 bits per heavy atom. The smallest absolute Gasteiger partial charge is 0.270 e. The summed E-state index contributed by atoms with van der Waals surface area (Å²) in [5.74, 6) is 0. The number of nitrogens with zero attached hydrogens (tertiary/aromatic N) is 2. The molecule has 2 N–H and O–H groups in total. The van der Waals surface area contributed by atoms with E-state index in [-0.39, 0.29) is 11.7 Å². The van der Waals surface area contributed by atoms with E-state index in [1.807, 2.05) is 6.07 Å². The van der Waals surface area contributed by atoms with Crippen molar-refractivity contribution >= 4 is 11.4 Å². The Morgan fingerprint density at radius 3 is 3.00 bits per heavy atom. The molecule has 18 heavy (non-hydrogen) atoms. The highest BCUT2D eigenvalue weighted by molar-refractivity contribution is 5.61. The molecule has 6 nitrogen and oxygen atoms in total. The van der Waals surface area contributed by atoms with Crippen molar-refractivity contribution in [2.24, 2.45) is 0 Å². The first-order valence-electron chi connectivity index (χ1n) is 5.86. The molecule has 0 bridgehead atoms. The van der Waals surface area contributed by atoms with E-state index in [2.05, 4.69) is 10.6 Å². The SMILES string of the molecule is N#Cc1cc([N+](=O)[O-])ccc1NC1CCCNC1. The summed E-state index contributed by atoms with van der Waals surface area (Å²) in [7, 11) is 0. The summed E-state index contributed by atoms with van der Waals surface area (Å²) in [6.45, 7) is 1.87. The van der Waals surface area contributed by atoms with E-state index in [0.717, 1.165) is 25.9 Å². The third-order valence-corrected chi connectivity index (χ3v) is 2.99. The highest BCUT2D eigenvalue weighted by Gasteiger charge is 2.16. The van der Waals surface area contributed by atoms with Crippen molar-refractivity contribution in [3.8, 4) is 6.07 Å². The number of hydrogen-bond donors (Lipinski definition) is 2. The molecule has 1 atom stereocenters. The summed E-state index contributed by atoms with van der Waals surface area (Å²) in [6, 6.07) is 6.59. The number of nitro groups is 1. The lowest BCUT2D eigenvalue weighted by molar-refractivity contribution is -0.384. The molecular weight excluding hydrogens is 232 g/mol. The number of piperidine rings is 1. The minimum absolute atomic E-state index is 0.0566.